The lowest BCUT2D eigenvalue weighted by Gasteiger charge is -2.20. The molecular weight excluding hydrogens is 763 g/mol. The molecule has 12 rings (SSSR count). The van der Waals surface area contributed by atoms with Gasteiger partial charge in [-0.15, -0.1) is 0 Å². The third-order valence-corrected chi connectivity index (χ3v) is 13.1. The van der Waals surface area contributed by atoms with Gasteiger partial charge in [0.2, 0.25) is 0 Å². The number of aryl methyl sites for hydroxylation is 1. The van der Waals surface area contributed by atoms with E-state index in [4.69, 9.17) is 4.42 Å². The monoisotopic (exact) mass is 805 g/mol. The molecule has 0 fully saturated rings. The summed E-state index contributed by atoms with van der Waals surface area (Å²) < 4.78 is 9.18. The molecule has 0 N–H and O–H groups in total. The van der Waals surface area contributed by atoms with Crippen LogP contribution in [0.25, 0.3) is 93.6 Å². The molecule has 298 valence electrons. The lowest BCUT2D eigenvalue weighted by Crippen LogP contribution is -2.03. The van der Waals surface area contributed by atoms with Gasteiger partial charge in [0.15, 0.2) is 0 Å². The van der Waals surface area contributed by atoms with Crippen LogP contribution in [0.5, 0.6) is 0 Å². The van der Waals surface area contributed by atoms with E-state index < -0.39 is 0 Å². The fraction of sp³-hybridized carbons (Fsp3) is 0.0492. The maximum atomic E-state index is 6.75. The van der Waals surface area contributed by atoms with Crippen LogP contribution in [-0.4, -0.2) is 4.57 Å². The summed E-state index contributed by atoms with van der Waals surface area (Å²) in [5.74, 6) is 0.223. The Morgan fingerprint density at radius 3 is 1.76 bits per heavy atom. The van der Waals surface area contributed by atoms with Crippen molar-refractivity contribution in [2.24, 2.45) is 0 Å². The van der Waals surface area contributed by atoms with Gasteiger partial charge in [-0.25, -0.2) is 0 Å². The van der Waals surface area contributed by atoms with Crippen LogP contribution < -0.4 is 0 Å². The molecule has 0 aliphatic rings. The molecule has 10 aromatic carbocycles. The van der Waals surface area contributed by atoms with Gasteiger partial charge in [-0.1, -0.05) is 188 Å². The van der Waals surface area contributed by atoms with E-state index in [0.717, 1.165) is 51.6 Å². The number of furan rings is 1. The molecule has 0 spiro atoms. The predicted molar refractivity (Wildman–Crippen MR) is 265 cm³/mol. The average molecular weight is 806 g/mol. The molecule has 1 atom stereocenters. The van der Waals surface area contributed by atoms with E-state index in [1.807, 2.05) is 0 Å². The van der Waals surface area contributed by atoms with Crippen LogP contribution in [0.2, 0.25) is 0 Å². The average Bonchev–Trinajstić information content (AvgIpc) is 3.90. The van der Waals surface area contributed by atoms with Gasteiger partial charge in [0, 0.05) is 38.7 Å². The highest BCUT2D eigenvalue weighted by atomic mass is 16.3. The van der Waals surface area contributed by atoms with E-state index in [0.29, 0.717) is 0 Å². The first kappa shape index (κ1) is 36.9. The van der Waals surface area contributed by atoms with Gasteiger partial charge in [-0.3, -0.25) is 0 Å². The number of rotatable bonds is 9. The lowest BCUT2D eigenvalue weighted by atomic mass is 9.85. The molecule has 12 aromatic rings. The van der Waals surface area contributed by atoms with Crippen LogP contribution in [0, 0.1) is 0 Å². The molecule has 0 aliphatic carbocycles. The van der Waals surface area contributed by atoms with E-state index in [1.165, 1.54) is 71.5 Å². The van der Waals surface area contributed by atoms with Gasteiger partial charge < -0.3 is 8.98 Å². The molecule has 2 heteroatoms. The number of nitrogens with zero attached hydrogens (tertiary/aromatic N) is 1. The number of fused-ring (bicyclic) bond motifs is 7. The number of hydrogen-bond donors (Lipinski definition) is 0. The van der Waals surface area contributed by atoms with Gasteiger partial charge in [0.25, 0.3) is 0 Å². The van der Waals surface area contributed by atoms with Gasteiger partial charge >= 0.3 is 0 Å². The van der Waals surface area contributed by atoms with Crippen LogP contribution in [0.15, 0.2) is 235 Å². The van der Waals surface area contributed by atoms with Crippen molar-refractivity contribution in [3.63, 3.8) is 0 Å². The normalized spacial score (nSPS) is 12.2. The Morgan fingerprint density at radius 2 is 0.968 bits per heavy atom. The summed E-state index contributed by atoms with van der Waals surface area (Å²) in [7, 11) is 0. The van der Waals surface area contributed by atoms with E-state index in [2.05, 4.69) is 235 Å². The Bertz CT molecular complexity index is 3600. The maximum absolute atomic E-state index is 6.75. The zero-order valence-corrected chi connectivity index (χ0v) is 34.8. The van der Waals surface area contributed by atoms with Crippen LogP contribution in [-0.2, 0) is 6.42 Å². The molecule has 1 unspecified atom stereocenters. The molecule has 0 radical (unpaired) electrons. The van der Waals surface area contributed by atoms with Crippen molar-refractivity contribution in [1.29, 1.82) is 0 Å². The van der Waals surface area contributed by atoms with Crippen molar-refractivity contribution < 1.29 is 4.42 Å². The quantitative estimate of drug-likeness (QED) is 0.142. The summed E-state index contributed by atoms with van der Waals surface area (Å²) in [6.07, 6.45) is 1.99. The second kappa shape index (κ2) is 15.5. The van der Waals surface area contributed by atoms with Gasteiger partial charge in [0.1, 0.15) is 11.2 Å². The Labute approximate surface area is 366 Å². The summed E-state index contributed by atoms with van der Waals surface area (Å²) in [5.41, 5.74) is 16.4. The SMILES string of the molecule is c1ccc(CCC(c2ccc(-c3ccc4ccccc4c3)cc2)c2ccc(-c3cc(-n4c5ccccc5c5cc(-c6ccccc6)ccc54)cc4c3oc3ccccc34)cc2)cc1. The summed E-state index contributed by atoms with van der Waals surface area (Å²) in [6.45, 7) is 0. The van der Waals surface area contributed by atoms with E-state index >= 15 is 0 Å². The summed E-state index contributed by atoms with van der Waals surface area (Å²) >= 11 is 0. The van der Waals surface area contributed by atoms with Crippen molar-refractivity contribution in [3.8, 4) is 39.1 Å². The number of para-hydroxylation sites is 2. The molecule has 0 aliphatic heterocycles. The Hall–Kier alpha value is -7.94. The minimum Gasteiger partial charge on any atom is -0.455 e. The van der Waals surface area contributed by atoms with E-state index in [9.17, 15) is 0 Å². The third kappa shape index (κ3) is 6.68. The Kier molecular flexibility index (Phi) is 9.08. The van der Waals surface area contributed by atoms with Crippen molar-refractivity contribution in [2.75, 3.05) is 0 Å². The number of aromatic nitrogens is 1. The Balaban J connectivity index is 0.964. The van der Waals surface area contributed by atoms with Crippen LogP contribution >= 0.6 is 0 Å². The van der Waals surface area contributed by atoms with Gasteiger partial charge in [-0.05, 0) is 111 Å². The molecular formula is C61H43NO. The van der Waals surface area contributed by atoms with Crippen LogP contribution in [0.3, 0.4) is 0 Å². The molecule has 0 saturated carbocycles. The van der Waals surface area contributed by atoms with Gasteiger partial charge in [-0.2, -0.15) is 0 Å². The number of benzene rings is 10. The standard InChI is InChI=1S/C61H43NO/c1-3-13-41(14-4-1)23-35-52(45-27-24-44(25-28-45)49-33-26-43-17-7-8-18-48(43)37-49)46-29-31-47(32-30-46)55-39-51(40-57-54-20-10-12-22-60(54)63-61(55)57)62-58-21-11-9-19-53(58)56-38-50(34-36-59(56)62)42-15-5-2-6-16-42/h1-22,24-34,36-40,52H,23,35H2. The molecule has 0 saturated heterocycles. The van der Waals surface area contributed by atoms with E-state index in [-0.39, 0.29) is 5.92 Å². The van der Waals surface area contributed by atoms with Crippen molar-refractivity contribution >= 4 is 54.5 Å². The molecule has 2 nitrogen and oxygen atoms in total. The zero-order valence-electron chi connectivity index (χ0n) is 34.8. The second-order valence-corrected chi connectivity index (χ2v) is 16.8. The maximum Gasteiger partial charge on any atom is 0.143 e. The molecule has 0 bridgehead atoms. The predicted octanol–water partition coefficient (Wildman–Crippen LogP) is 16.6. The molecule has 2 aromatic heterocycles. The fourth-order valence-electron chi connectivity index (χ4n) is 9.87. The van der Waals surface area contributed by atoms with Crippen molar-refractivity contribution in [1.82, 2.24) is 4.57 Å². The largest absolute Gasteiger partial charge is 0.455 e. The molecule has 0 amide bonds. The van der Waals surface area contributed by atoms with Crippen LogP contribution in [0.1, 0.15) is 29.0 Å². The molecule has 63 heavy (non-hydrogen) atoms. The highest BCUT2D eigenvalue weighted by molar-refractivity contribution is 6.13. The highest BCUT2D eigenvalue weighted by Crippen LogP contribution is 2.42. The van der Waals surface area contributed by atoms with E-state index in [1.54, 1.807) is 0 Å². The minimum absolute atomic E-state index is 0.223. The van der Waals surface area contributed by atoms with Crippen molar-refractivity contribution in [3.05, 3.63) is 247 Å². The van der Waals surface area contributed by atoms with Crippen LogP contribution in [0.4, 0.5) is 0 Å². The Morgan fingerprint density at radius 1 is 0.381 bits per heavy atom. The highest BCUT2D eigenvalue weighted by Gasteiger charge is 2.20. The molecule has 2 heterocycles. The lowest BCUT2D eigenvalue weighted by molar-refractivity contribution is 0.670. The van der Waals surface area contributed by atoms with Crippen molar-refractivity contribution in [2.45, 2.75) is 18.8 Å². The fourth-order valence-corrected chi connectivity index (χ4v) is 9.87. The first-order chi connectivity index (χ1) is 31.2. The summed E-state index contributed by atoms with van der Waals surface area (Å²) in [5, 5.41) is 7.23. The van der Waals surface area contributed by atoms with Gasteiger partial charge in [0.05, 0.1) is 11.0 Å². The smallest absolute Gasteiger partial charge is 0.143 e. The minimum atomic E-state index is 0.223. The topological polar surface area (TPSA) is 18.1 Å². The number of hydrogen-bond acceptors (Lipinski definition) is 1. The summed E-state index contributed by atoms with van der Waals surface area (Å²) in [6, 6.07) is 84.2. The first-order valence-electron chi connectivity index (χ1n) is 22.0. The first-order valence-corrected chi connectivity index (χ1v) is 22.0. The second-order valence-electron chi connectivity index (χ2n) is 16.8. The third-order valence-electron chi connectivity index (χ3n) is 13.1. The zero-order chi connectivity index (χ0) is 41.7. The summed E-state index contributed by atoms with van der Waals surface area (Å²) in [4.78, 5) is 0.